The average Bonchev–Trinajstić information content (AvgIpc) is 2.31. The maximum Gasteiger partial charge on any atom is 0.303 e. The second-order valence-corrected chi connectivity index (χ2v) is 4.37. The van der Waals surface area contributed by atoms with E-state index in [2.05, 4.69) is 10.0 Å². The van der Waals surface area contributed by atoms with Crippen LogP contribution in [-0.4, -0.2) is 11.1 Å². The van der Waals surface area contributed by atoms with Crippen molar-refractivity contribution in [1.29, 1.82) is 0 Å². The minimum Gasteiger partial charge on any atom is -0.481 e. The van der Waals surface area contributed by atoms with Crippen LogP contribution in [0.15, 0.2) is 23.3 Å². The molecule has 0 heterocycles. The van der Waals surface area contributed by atoms with Crippen LogP contribution < -0.4 is 0 Å². The number of rotatable bonds is 6. The molecule has 0 saturated carbocycles. The van der Waals surface area contributed by atoms with Crippen LogP contribution in [0.2, 0.25) is 0 Å². The van der Waals surface area contributed by atoms with Crippen molar-refractivity contribution in [3.8, 4) is 0 Å². The third kappa shape index (κ3) is 4.11. The summed E-state index contributed by atoms with van der Waals surface area (Å²) in [6, 6.07) is 5.70. The summed E-state index contributed by atoms with van der Waals surface area (Å²) in [6.45, 7) is 3.94. The Morgan fingerprint density at radius 3 is 2.83 bits per heavy atom. The lowest BCUT2D eigenvalue weighted by Gasteiger charge is -2.14. The highest BCUT2D eigenvalue weighted by molar-refractivity contribution is 5.66. The van der Waals surface area contributed by atoms with Gasteiger partial charge in [0.25, 0.3) is 0 Å². The fraction of sp³-hybridized carbons (Fsp3) is 0.462. The van der Waals surface area contributed by atoms with E-state index in [9.17, 15) is 4.79 Å². The number of hydrogen-bond acceptors (Lipinski definition) is 2. The molecule has 0 amide bonds. The van der Waals surface area contributed by atoms with Crippen LogP contribution in [0.25, 0.3) is 10.4 Å². The zero-order valence-electron chi connectivity index (χ0n) is 10.6. The standard InChI is InChI=1S/C13H17N3O2/c1-9-6-7-10(2)11(8-9)12(15-16-14)4-3-5-13(17)18/h6-8,12H,3-5H2,1-2H3,(H,17,18). The van der Waals surface area contributed by atoms with E-state index < -0.39 is 5.97 Å². The Bertz CT molecular complexity index is 479. The van der Waals surface area contributed by atoms with Crippen LogP contribution in [-0.2, 0) is 4.79 Å². The molecule has 1 aromatic rings. The molecule has 0 aliphatic rings. The first-order chi connectivity index (χ1) is 8.54. The van der Waals surface area contributed by atoms with E-state index in [1.54, 1.807) is 0 Å². The average molecular weight is 247 g/mol. The van der Waals surface area contributed by atoms with Crippen LogP contribution in [0, 0.1) is 13.8 Å². The summed E-state index contributed by atoms with van der Waals surface area (Å²) in [4.78, 5) is 13.4. The molecule has 0 aliphatic carbocycles. The van der Waals surface area contributed by atoms with Gasteiger partial charge in [0, 0.05) is 11.3 Å². The fourth-order valence-electron chi connectivity index (χ4n) is 1.90. The molecule has 5 nitrogen and oxygen atoms in total. The molecule has 96 valence electrons. The molecule has 0 radical (unpaired) electrons. The van der Waals surface area contributed by atoms with Crippen LogP contribution in [0.4, 0.5) is 0 Å². The highest BCUT2D eigenvalue weighted by atomic mass is 16.4. The van der Waals surface area contributed by atoms with Gasteiger partial charge in [-0.1, -0.05) is 28.9 Å². The second kappa shape index (κ2) is 6.67. The van der Waals surface area contributed by atoms with Crippen LogP contribution >= 0.6 is 0 Å². The Morgan fingerprint density at radius 2 is 2.22 bits per heavy atom. The Hall–Kier alpha value is -2.00. The van der Waals surface area contributed by atoms with Gasteiger partial charge in [-0.15, -0.1) is 0 Å². The molecule has 5 heteroatoms. The number of benzene rings is 1. The lowest BCUT2D eigenvalue weighted by molar-refractivity contribution is -0.137. The molecule has 1 N–H and O–H groups in total. The molecular weight excluding hydrogens is 230 g/mol. The summed E-state index contributed by atoms with van der Waals surface area (Å²) >= 11 is 0. The van der Waals surface area contributed by atoms with Crippen molar-refractivity contribution >= 4 is 5.97 Å². The first-order valence-corrected chi connectivity index (χ1v) is 5.87. The van der Waals surface area contributed by atoms with Gasteiger partial charge < -0.3 is 5.11 Å². The molecule has 0 aliphatic heterocycles. The third-order valence-corrected chi connectivity index (χ3v) is 2.85. The normalized spacial score (nSPS) is 11.7. The molecule has 0 spiro atoms. The lowest BCUT2D eigenvalue weighted by atomic mass is 9.96. The SMILES string of the molecule is Cc1ccc(C)c(C(CCCC(=O)O)N=[N+]=[N-])c1. The van der Waals surface area contributed by atoms with Gasteiger partial charge >= 0.3 is 5.97 Å². The van der Waals surface area contributed by atoms with Crippen molar-refractivity contribution in [1.82, 2.24) is 0 Å². The topological polar surface area (TPSA) is 86.1 Å². The number of azide groups is 1. The maximum atomic E-state index is 10.5. The molecule has 1 rings (SSSR count). The van der Waals surface area contributed by atoms with Gasteiger partial charge in [-0.05, 0) is 43.3 Å². The van der Waals surface area contributed by atoms with Crippen molar-refractivity contribution in [3.05, 3.63) is 45.3 Å². The molecule has 18 heavy (non-hydrogen) atoms. The molecule has 0 bridgehead atoms. The third-order valence-electron chi connectivity index (χ3n) is 2.85. The van der Waals surface area contributed by atoms with Crippen LogP contribution in [0.1, 0.15) is 42.0 Å². The molecule has 0 aromatic heterocycles. The van der Waals surface area contributed by atoms with Crippen molar-refractivity contribution < 1.29 is 9.90 Å². The lowest BCUT2D eigenvalue weighted by Crippen LogP contribution is -2.01. The number of aryl methyl sites for hydroxylation is 2. The van der Waals surface area contributed by atoms with Crippen LogP contribution in [0.5, 0.6) is 0 Å². The van der Waals surface area contributed by atoms with Crippen molar-refractivity contribution in [3.63, 3.8) is 0 Å². The quantitative estimate of drug-likeness (QED) is 0.469. The highest BCUT2D eigenvalue weighted by Gasteiger charge is 2.13. The van der Waals surface area contributed by atoms with Gasteiger partial charge in [0.2, 0.25) is 0 Å². The number of carboxylic acid groups (broad SMARTS) is 1. The molecule has 0 saturated heterocycles. The van der Waals surface area contributed by atoms with E-state index in [0.29, 0.717) is 12.8 Å². The van der Waals surface area contributed by atoms with E-state index in [4.69, 9.17) is 10.6 Å². The summed E-state index contributed by atoms with van der Waals surface area (Å²) in [5.74, 6) is -0.823. The van der Waals surface area contributed by atoms with Crippen molar-refractivity contribution in [2.75, 3.05) is 0 Å². The molecule has 1 aromatic carbocycles. The van der Waals surface area contributed by atoms with Crippen LogP contribution in [0.3, 0.4) is 0 Å². The monoisotopic (exact) mass is 247 g/mol. The van der Waals surface area contributed by atoms with Gasteiger partial charge in [0.05, 0.1) is 6.04 Å². The first kappa shape index (κ1) is 14.1. The number of carboxylic acids is 1. The summed E-state index contributed by atoms with van der Waals surface area (Å²) in [5.41, 5.74) is 11.8. The second-order valence-electron chi connectivity index (χ2n) is 4.37. The van der Waals surface area contributed by atoms with Gasteiger partial charge in [-0.3, -0.25) is 4.79 Å². The van der Waals surface area contributed by atoms with Crippen molar-refractivity contribution in [2.45, 2.75) is 39.2 Å². The predicted octanol–water partition coefficient (Wildman–Crippen LogP) is 3.91. The number of nitrogens with zero attached hydrogens (tertiary/aromatic N) is 3. The minimum atomic E-state index is -0.823. The Morgan fingerprint density at radius 1 is 1.50 bits per heavy atom. The summed E-state index contributed by atoms with van der Waals surface area (Å²) in [7, 11) is 0. The zero-order chi connectivity index (χ0) is 13.5. The Kier molecular flexibility index (Phi) is 5.21. The van der Waals surface area contributed by atoms with Crippen molar-refractivity contribution in [2.24, 2.45) is 5.11 Å². The van der Waals surface area contributed by atoms with E-state index in [0.717, 1.165) is 16.7 Å². The number of aliphatic carboxylic acids is 1. The smallest absolute Gasteiger partial charge is 0.303 e. The van der Waals surface area contributed by atoms with Gasteiger partial charge in [-0.2, -0.15) is 0 Å². The van der Waals surface area contributed by atoms with Gasteiger partial charge in [-0.25, -0.2) is 0 Å². The zero-order valence-corrected chi connectivity index (χ0v) is 10.6. The summed E-state index contributed by atoms with van der Waals surface area (Å²) in [5, 5.41) is 12.4. The highest BCUT2D eigenvalue weighted by Crippen LogP contribution is 2.27. The first-order valence-electron chi connectivity index (χ1n) is 5.87. The summed E-state index contributed by atoms with van der Waals surface area (Å²) in [6.07, 6.45) is 1.16. The van der Waals surface area contributed by atoms with E-state index in [-0.39, 0.29) is 12.5 Å². The Balaban J connectivity index is 2.86. The molecule has 1 unspecified atom stereocenters. The van der Waals surface area contributed by atoms with Gasteiger partial charge in [0.15, 0.2) is 0 Å². The minimum absolute atomic E-state index is 0.0995. The maximum absolute atomic E-state index is 10.5. The van der Waals surface area contributed by atoms with E-state index >= 15 is 0 Å². The van der Waals surface area contributed by atoms with E-state index in [1.165, 1.54) is 0 Å². The molecule has 0 fully saturated rings. The van der Waals surface area contributed by atoms with Gasteiger partial charge in [0.1, 0.15) is 0 Å². The predicted molar refractivity (Wildman–Crippen MR) is 69.3 cm³/mol. The van der Waals surface area contributed by atoms with E-state index in [1.807, 2.05) is 32.0 Å². The fourth-order valence-corrected chi connectivity index (χ4v) is 1.90. The number of carbonyl (C=O) groups is 1. The largest absolute Gasteiger partial charge is 0.481 e. The Labute approximate surface area is 106 Å². The molecule has 1 atom stereocenters. The summed E-state index contributed by atoms with van der Waals surface area (Å²) < 4.78 is 0. The molecular formula is C13H17N3O2. The number of hydrogen-bond donors (Lipinski definition) is 1.